The summed E-state index contributed by atoms with van der Waals surface area (Å²) >= 11 is 1.61. The predicted octanol–water partition coefficient (Wildman–Crippen LogP) is 4.37. The summed E-state index contributed by atoms with van der Waals surface area (Å²) in [5.41, 5.74) is 6.93. The number of hydrogen-bond donors (Lipinski definition) is 1. The van der Waals surface area contributed by atoms with Gasteiger partial charge in [-0.25, -0.2) is 4.99 Å². The molecule has 3 nitrogen and oxygen atoms in total. The third kappa shape index (κ3) is 3.35. The molecular formula is C20H22N2OS. The van der Waals surface area contributed by atoms with E-state index in [-0.39, 0.29) is 6.61 Å². The molecule has 1 heterocycles. The first kappa shape index (κ1) is 16.7. The maximum atomic E-state index is 9.50. The van der Waals surface area contributed by atoms with Crippen LogP contribution in [0.15, 0.2) is 52.8 Å². The quantitative estimate of drug-likeness (QED) is 0.754. The number of thiazole rings is 1. The van der Waals surface area contributed by atoms with Gasteiger partial charge in [-0.05, 0) is 55.2 Å². The van der Waals surface area contributed by atoms with Gasteiger partial charge in [-0.15, -0.1) is 11.3 Å². The summed E-state index contributed by atoms with van der Waals surface area (Å²) in [4.78, 5) is 5.72. The van der Waals surface area contributed by atoms with Gasteiger partial charge < -0.3 is 9.67 Å². The minimum atomic E-state index is 0.0928. The van der Waals surface area contributed by atoms with Crippen molar-refractivity contribution in [1.82, 2.24) is 4.57 Å². The molecule has 24 heavy (non-hydrogen) atoms. The van der Waals surface area contributed by atoms with Gasteiger partial charge in [-0.1, -0.05) is 30.3 Å². The van der Waals surface area contributed by atoms with Crippen LogP contribution in [0.5, 0.6) is 0 Å². The molecule has 0 unspecified atom stereocenters. The second-order valence-electron chi connectivity index (χ2n) is 5.98. The minimum Gasteiger partial charge on any atom is -0.395 e. The molecule has 2 aromatic carbocycles. The molecule has 1 N–H and O–H groups in total. The van der Waals surface area contributed by atoms with Crippen molar-refractivity contribution in [2.24, 2.45) is 4.99 Å². The Morgan fingerprint density at radius 2 is 1.79 bits per heavy atom. The van der Waals surface area contributed by atoms with Crippen LogP contribution in [0.1, 0.15) is 16.7 Å². The molecule has 124 valence electrons. The van der Waals surface area contributed by atoms with Gasteiger partial charge in [0, 0.05) is 11.9 Å². The van der Waals surface area contributed by atoms with E-state index >= 15 is 0 Å². The molecule has 4 heteroatoms. The van der Waals surface area contributed by atoms with Crippen LogP contribution >= 0.6 is 11.3 Å². The molecule has 0 saturated carbocycles. The van der Waals surface area contributed by atoms with Gasteiger partial charge in [0.2, 0.25) is 0 Å². The van der Waals surface area contributed by atoms with E-state index in [2.05, 4.69) is 55.0 Å². The van der Waals surface area contributed by atoms with E-state index < -0.39 is 0 Å². The van der Waals surface area contributed by atoms with Crippen LogP contribution in [0.25, 0.3) is 11.3 Å². The zero-order valence-corrected chi connectivity index (χ0v) is 15.1. The first-order chi connectivity index (χ1) is 11.6. The van der Waals surface area contributed by atoms with Gasteiger partial charge in [0.25, 0.3) is 0 Å². The standard InChI is InChI=1S/C20H22N2OS/c1-14-8-9-17(12-16(14)3)19-13-24-20(22(19)10-11-23)21-18-7-5-4-6-15(18)2/h4-9,12-13,23H,10-11H2,1-3H3. The number of aryl methyl sites for hydroxylation is 3. The van der Waals surface area contributed by atoms with E-state index in [1.807, 2.05) is 18.2 Å². The van der Waals surface area contributed by atoms with Gasteiger partial charge in [0.15, 0.2) is 4.80 Å². The summed E-state index contributed by atoms with van der Waals surface area (Å²) in [5, 5.41) is 11.6. The Morgan fingerprint density at radius 1 is 1.00 bits per heavy atom. The fraction of sp³-hybridized carbons (Fsp3) is 0.250. The molecule has 3 rings (SSSR count). The summed E-state index contributed by atoms with van der Waals surface area (Å²) in [5.74, 6) is 0. The predicted molar refractivity (Wildman–Crippen MR) is 101 cm³/mol. The lowest BCUT2D eigenvalue weighted by atomic mass is 10.0. The third-order valence-electron chi connectivity index (χ3n) is 4.26. The van der Waals surface area contributed by atoms with Crippen molar-refractivity contribution in [2.75, 3.05) is 6.61 Å². The average molecular weight is 338 g/mol. The topological polar surface area (TPSA) is 37.5 Å². The van der Waals surface area contributed by atoms with Crippen molar-refractivity contribution in [3.05, 3.63) is 69.3 Å². The Kier molecular flexibility index (Phi) is 4.97. The Bertz CT molecular complexity index is 921. The maximum Gasteiger partial charge on any atom is 0.190 e. The molecule has 0 fully saturated rings. The highest BCUT2D eigenvalue weighted by Crippen LogP contribution is 2.24. The van der Waals surface area contributed by atoms with E-state index in [0.717, 1.165) is 27.3 Å². The smallest absolute Gasteiger partial charge is 0.190 e. The van der Waals surface area contributed by atoms with Gasteiger partial charge in [-0.3, -0.25) is 0 Å². The van der Waals surface area contributed by atoms with Crippen molar-refractivity contribution in [3.63, 3.8) is 0 Å². The second-order valence-corrected chi connectivity index (χ2v) is 6.81. The first-order valence-electron chi connectivity index (χ1n) is 8.07. The van der Waals surface area contributed by atoms with Crippen LogP contribution in [0, 0.1) is 20.8 Å². The monoisotopic (exact) mass is 338 g/mol. The molecule has 0 aliphatic rings. The molecule has 0 spiro atoms. The minimum absolute atomic E-state index is 0.0928. The molecule has 3 aromatic rings. The molecule has 0 aliphatic heterocycles. The average Bonchev–Trinajstić information content (AvgIpc) is 2.95. The summed E-state index contributed by atoms with van der Waals surface area (Å²) in [7, 11) is 0. The Morgan fingerprint density at radius 3 is 2.50 bits per heavy atom. The lowest BCUT2D eigenvalue weighted by Gasteiger charge is -2.09. The molecule has 0 atom stereocenters. The highest BCUT2D eigenvalue weighted by molar-refractivity contribution is 7.07. The van der Waals surface area contributed by atoms with Crippen LogP contribution in [0.4, 0.5) is 5.69 Å². The van der Waals surface area contributed by atoms with Crippen molar-refractivity contribution in [3.8, 4) is 11.3 Å². The van der Waals surface area contributed by atoms with Crippen molar-refractivity contribution in [2.45, 2.75) is 27.3 Å². The number of rotatable bonds is 4. The molecule has 0 bridgehead atoms. The van der Waals surface area contributed by atoms with Crippen molar-refractivity contribution in [1.29, 1.82) is 0 Å². The van der Waals surface area contributed by atoms with E-state index in [1.165, 1.54) is 11.1 Å². The zero-order valence-electron chi connectivity index (χ0n) is 14.3. The van der Waals surface area contributed by atoms with E-state index in [1.54, 1.807) is 11.3 Å². The number of aliphatic hydroxyl groups excluding tert-OH is 1. The summed E-state index contributed by atoms with van der Waals surface area (Å²) < 4.78 is 2.10. The number of hydrogen-bond acceptors (Lipinski definition) is 3. The summed E-state index contributed by atoms with van der Waals surface area (Å²) in [6, 6.07) is 14.6. The van der Waals surface area contributed by atoms with Gasteiger partial charge in [0.05, 0.1) is 18.0 Å². The van der Waals surface area contributed by atoms with Gasteiger partial charge in [-0.2, -0.15) is 0 Å². The van der Waals surface area contributed by atoms with Crippen LogP contribution in [0.2, 0.25) is 0 Å². The number of aliphatic hydroxyl groups is 1. The number of benzene rings is 2. The molecule has 0 aliphatic carbocycles. The Labute approximate surface area is 146 Å². The van der Waals surface area contributed by atoms with Crippen molar-refractivity contribution >= 4 is 17.0 Å². The fourth-order valence-electron chi connectivity index (χ4n) is 2.66. The molecular weight excluding hydrogens is 316 g/mol. The van der Waals surface area contributed by atoms with E-state index in [4.69, 9.17) is 4.99 Å². The van der Waals surface area contributed by atoms with E-state index in [9.17, 15) is 5.11 Å². The number of aromatic nitrogens is 1. The number of nitrogens with zero attached hydrogens (tertiary/aromatic N) is 2. The largest absolute Gasteiger partial charge is 0.395 e. The van der Waals surface area contributed by atoms with Gasteiger partial charge in [0.1, 0.15) is 0 Å². The Hall–Kier alpha value is -2.17. The second kappa shape index (κ2) is 7.16. The summed E-state index contributed by atoms with van der Waals surface area (Å²) in [6.07, 6.45) is 0. The molecule has 0 amide bonds. The number of para-hydroxylation sites is 1. The summed E-state index contributed by atoms with van der Waals surface area (Å²) in [6.45, 7) is 6.94. The fourth-order valence-corrected chi connectivity index (χ4v) is 3.61. The highest BCUT2D eigenvalue weighted by Gasteiger charge is 2.09. The molecule has 1 aromatic heterocycles. The lowest BCUT2D eigenvalue weighted by Crippen LogP contribution is -2.18. The third-order valence-corrected chi connectivity index (χ3v) is 5.12. The van der Waals surface area contributed by atoms with Crippen LogP contribution in [0.3, 0.4) is 0 Å². The van der Waals surface area contributed by atoms with E-state index in [0.29, 0.717) is 6.54 Å². The van der Waals surface area contributed by atoms with Crippen LogP contribution in [-0.2, 0) is 6.54 Å². The Balaban J connectivity index is 2.14. The molecule has 0 radical (unpaired) electrons. The maximum absolute atomic E-state index is 9.50. The van der Waals surface area contributed by atoms with Crippen LogP contribution in [-0.4, -0.2) is 16.3 Å². The first-order valence-corrected chi connectivity index (χ1v) is 8.95. The lowest BCUT2D eigenvalue weighted by molar-refractivity contribution is 0.275. The van der Waals surface area contributed by atoms with Crippen molar-refractivity contribution < 1.29 is 5.11 Å². The highest BCUT2D eigenvalue weighted by atomic mass is 32.1. The van der Waals surface area contributed by atoms with Gasteiger partial charge >= 0.3 is 0 Å². The SMILES string of the molecule is Cc1ccc(-c2csc(=Nc3ccccc3C)n2CCO)cc1C. The zero-order chi connectivity index (χ0) is 17.1. The molecule has 0 saturated heterocycles. The normalized spacial score (nSPS) is 11.9. The van der Waals surface area contributed by atoms with Crippen LogP contribution < -0.4 is 4.80 Å².